The second kappa shape index (κ2) is 3.61. The summed E-state index contributed by atoms with van der Waals surface area (Å²) in [6, 6.07) is 7.28. The summed E-state index contributed by atoms with van der Waals surface area (Å²) >= 11 is 5.93. The normalized spacial score (nSPS) is 29.5. The Balaban J connectivity index is 1.68. The molecule has 2 atom stereocenters. The number of rotatable bonds is 2. The van der Waals surface area contributed by atoms with E-state index in [9.17, 15) is 4.79 Å². The topological polar surface area (TPSA) is 30.2 Å². The third kappa shape index (κ3) is 1.45. The number of Topliss-reactive ketones (excluding diaryl/α,β-unsaturated/α-hetero) is 1. The van der Waals surface area contributed by atoms with Crippen molar-refractivity contribution in [3.05, 3.63) is 35.0 Å². The molecule has 1 aromatic heterocycles. The molecule has 0 bridgehead atoms. The van der Waals surface area contributed by atoms with Gasteiger partial charge >= 0.3 is 0 Å². The summed E-state index contributed by atoms with van der Waals surface area (Å²) in [5.41, 5.74) is 0.744. The van der Waals surface area contributed by atoms with Gasteiger partial charge in [0, 0.05) is 16.3 Å². The Kier molecular flexibility index (Phi) is 2.13. The van der Waals surface area contributed by atoms with E-state index < -0.39 is 0 Å². The third-order valence-corrected chi connectivity index (χ3v) is 4.67. The van der Waals surface area contributed by atoms with Gasteiger partial charge in [0.05, 0.1) is 0 Å². The van der Waals surface area contributed by atoms with Crippen LogP contribution in [0.1, 0.15) is 29.8 Å². The smallest absolute Gasteiger partial charge is 0.201 e. The average molecular weight is 261 g/mol. The fourth-order valence-corrected chi connectivity index (χ4v) is 3.69. The molecule has 2 aliphatic carbocycles. The van der Waals surface area contributed by atoms with E-state index in [4.69, 9.17) is 16.0 Å². The van der Waals surface area contributed by atoms with Gasteiger partial charge in [-0.15, -0.1) is 0 Å². The minimum absolute atomic E-state index is 0.192. The van der Waals surface area contributed by atoms with Crippen molar-refractivity contribution in [3.8, 4) is 0 Å². The fraction of sp³-hybridized carbons (Fsp3) is 0.400. The van der Waals surface area contributed by atoms with E-state index in [2.05, 4.69) is 0 Å². The predicted molar refractivity (Wildman–Crippen MR) is 69.9 cm³/mol. The van der Waals surface area contributed by atoms with Gasteiger partial charge in [-0.25, -0.2) is 0 Å². The SMILES string of the molecule is O=C(c1cc2cc(Cl)ccc2o1)C1C2CCCC21. The molecule has 3 heteroatoms. The maximum Gasteiger partial charge on any atom is 0.201 e. The number of halogens is 1. The van der Waals surface area contributed by atoms with Gasteiger partial charge in [0.1, 0.15) is 5.58 Å². The molecular formula is C15H13ClO2. The highest BCUT2D eigenvalue weighted by atomic mass is 35.5. The molecule has 2 unspecified atom stereocenters. The molecule has 2 nitrogen and oxygen atoms in total. The van der Waals surface area contributed by atoms with Gasteiger partial charge in [-0.1, -0.05) is 18.0 Å². The molecule has 4 rings (SSSR count). The molecule has 0 N–H and O–H groups in total. The lowest BCUT2D eigenvalue weighted by atomic mass is 10.1. The number of benzene rings is 1. The van der Waals surface area contributed by atoms with Crippen molar-refractivity contribution >= 4 is 28.4 Å². The first kappa shape index (κ1) is 10.6. The summed E-state index contributed by atoms with van der Waals surface area (Å²) in [6.45, 7) is 0. The van der Waals surface area contributed by atoms with Crippen molar-refractivity contribution < 1.29 is 9.21 Å². The molecule has 0 amide bonds. The fourth-order valence-electron chi connectivity index (χ4n) is 3.51. The van der Waals surface area contributed by atoms with Gasteiger partial charge in [-0.2, -0.15) is 0 Å². The van der Waals surface area contributed by atoms with Crippen LogP contribution in [0.25, 0.3) is 11.0 Å². The number of hydrogen-bond donors (Lipinski definition) is 0. The number of furan rings is 1. The molecule has 0 radical (unpaired) electrons. The number of fused-ring (bicyclic) bond motifs is 2. The summed E-state index contributed by atoms with van der Waals surface area (Å²) in [7, 11) is 0. The van der Waals surface area contributed by atoms with Crippen LogP contribution in [0, 0.1) is 17.8 Å². The minimum Gasteiger partial charge on any atom is -0.453 e. The molecule has 2 saturated carbocycles. The first-order chi connectivity index (χ1) is 8.74. The van der Waals surface area contributed by atoms with Crippen LogP contribution in [-0.2, 0) is 0 Å². The average Bonchev–Trinajstić information content (AvgIpc) is 2.77. The minimum atomic E-state index is 0.192. The summed E-state index contributed by atoms with van der Waals surface area (Å²) in [4.78, 5) is 12.3. The standard InChI is InChI=1S/C15H13ClO2/c16-9-4-5-12-8(6-9)7-13(18-12)15(17)14-10-2-1-3-11(10)14/h4-7,10-11,14H,1-3H2. The number of carbonyl (C=O) groups is 1. The highest BCUT2D eigenvalue weighted by Crippen LogP contribution is 2.58. The molecule has 0 spiro atoms. The molecule has 0 aliphatic heterocycles. The highest BCUT2D eigenvalue weighted by molar-refractivity contribution is 6.31. The van der Waals surface area contributed by atoms with Crippen LogP contribution in [0.2, 0.25) is 5.02 Å². The third-order valence-electron chi connectivity index (χ3n) is 4.43. The van der Waals surface area contributed by atoms with Gasteiger partial charge in [-0.3, -0.25) is 4.79 Å². The van der Waals surface area contributed by atoms with E-state index in [0.717, 1.165) is 11.0 Å². The van der Waals surface area contributed by atoms with Gasteiger partial charge in [0.25, 0.3) is 0 Å². The van der Waals surface area contributed by atoms with Gasteiger partial charge < -0.3 is 4.42 Å². The molecule has 2 aromatic rings. The van der Waals surface area contributed by atoms with Crippen molar-refractivity contribution in [2.24, 2.45) is 17.8 Å². The van der Waals surface area contributed by atoms with E-state index in [1.54, 1.807) is 6.07 Å². The molecule has 92 valence electrons. The van der Waals surface area contributed by atoms with E-state index in [0.29, 0.717) is 22.6 Å². The van der Waals surface area contributed by atoms with E-state index in [1.807, 2.05) is 18.2 Å². The van der Waals surface area contributed by atoms with Gasteiger partial charge in [0.2, 0.25) is 5.78 Å². The van der Waals surface area contributed by atoms with Crippen LogP contribution in [0.4, 0.5) is 0 Å². The second-order valence-electron chi connectivity index (χ2n) is 5.44. The first-order valence-electron chi connectivity index (χ1n) is 6.47. The van der Waals surface area contributed by atoms with Crippen LogP contribution in [0.3, 0.4) is 0 Å². The zero-order valence-corrected chi connectivity index (χ0v) is 10.6. The number of ketones is 1. The van der Waals surface area contributed by atoms with Crippen molar-refractivity contribution in [2.75, 3.05) is 0 Å². The Morgan fingerprint density at radius 2 is 2.00 bits per heavy atom. The lowest BCUT2D eigenvalue weighted by Gasteiger charge is -1.98. The summed E-state index contributed by atoms with van der Waals surface area (Å²) in [5.74, 6) is 2.20. The van der Waals surface area contributed by atoms with Crippen molar-refractivity contribution in [2.45, 2.75) is 19.3 Å². The Hall–Kier alpha value is -1.28. The molecule has 0 saturated heterocycles. The maximum atomic E-state index is 12.3. The zero-order valence-electron chi connectivity index (χ0n) is 9.86. The lowest BCUT2D eigenvalue weighted by molar-refractivity contribution is 0.0926. The lowest BCUT2D eigenvalue weighted by Crippen LogP contribution is -2.04. The Morgan fingerprint density at radius 1 is 1.22 bits per heavy atom. The quantitative estimate of drug-likeness (QED) is 0.753. The van der Waals surface area contributed by atoms with E-state index in [-0.39, 0.29) is 11.7 Å². The number of carbonyl (C=O) groups excluding carboxylic acids is 1. The Bertz CT molecular complexity index is 633. The molecule has 2 fully saturated rings. The summed E-state index contributed by atoms with van der Waals surface area (Å²) in [5, 5.41) is 1.59. The van der Waals surface area contributed by atoms with Crippen molar-refractivity contribution in [3.63, 3.8) is 0 Å². The maximum absolute atomic E-state index is 12.3. The monoisotopic (exact) mass is 260 g/mol. The molecule has 18 heavy (non-hydrogen) atoms. The van der Waals surface area contributed by atoms with Crippen LogP contribution in [0.5, 0.6) is 0 Å². The molecular weight excluding hydrogens is 248 g/mol. The summed E-state index contributed by atoms with van der Waals surface area (Å²) < 4.78 is 5.64. The molecule has 2 aliphatic rings. The van der Waals surface area contributed by atoms with Crippen molar-refractivity contribution in [1.29, 1.82) is 0 Å². The second-order valence-corrected chi connectivity index (χ2v) is 5.88. The largest absolute Gasteiger partial charge is 0.453 e. The Labute approximate surface area is 110 Å². The van der Waals surface area contributed by atoms with E-state index >= 15 is 0 Å². The van der Waals surface area contributed by atoms with Crippen molar-refractivity contribution in [1.82, 2.24) is 0 Å². The van der Waals surface area contributed by atoms with Crippen LogP contribution in [-0.4, -0.2) is 5.78 Å². The first-order valence-corrected chi connectivity index (χ1v) is 6.85. The molecule has 1 heterocycles. The Morgan fingerprint density at radius 3 is 2.78 bits per heavy atom. The van der Waals surface area contributed by atoms with Crippen LogP contribution >= 0.6 is 11.6 Å². The highest BCUT2D eigenvalue weighted by Gasteiger charge is 2.57. The zero-order chi connectivity index (χ0) is 12.3. The van der Waals surface area contributed by atoms with Crippen LogP contribution in [0.15, 0.2) is 28.7 Å². The van der Waals surface area contributed by atoms with Gasteiger partial charge in [-0.05, 0) is 48.9 Å². The van der Waals surface area contributed by atoms with E-state index in [1.165, 1.54) is 19.3 Å². The summed E-state index contributed by atoms with van der Waals surface area (Å²) in [6.07, 6.45) is 3.72. The van der Waals surface area contributed by atoms with Crippen LogP contribution < -0.4 is 0 Å². The number of hydrogen-bond acceptors (Lipinski definition) is 2. The predicted octanol–water partition coefficient (Wildman–Crippen LogP) is 4.32. The molecule has 1 aromatic carbocycles. The van der Waals surface area contributed by atoms with Gasteiger partial charge in [0.15, 0.2) is 5.76 Å².